The first-order valence-corrected chi connectivity index (χ1v) is 7.03. The molecule has 0 saturated heterocycles. The fraction of sp³-hybridized carbons (Fsp3) is 0.900. The highest BCUT2D eigenvalue weighted by Crippen LogP contribution is 2.05. The summed E-state index contributed by atoms with van der Waals surface area (Å²) in [5.74, 6) is -1.08. The number of rotatable bonds is 7. The summed E-state index contributed by atoms with van der Waals surface area (Å²) in [5, 5.41) is 0. The van der Waals surface area contributed by atoms with E-state index in [2.05, 4.69) is 4.74 Å². The summed E-state index contributed by atoms with van der Waals surface area (Å²) in [6.07, 6.45) is 0.587. The van der Waals surface area contributed by atoms with E-state index >= 15 is 0 Å². The molecular formula is C10H21NO4S. The lowest BCUT2D eigenvalue weighted by Crippen LogP contribution is -2.25. The van der Waals surface area contributed by atoms with Crippen LogP contribution in [-0.4, -0.2) is 58.5 Å². The number of esters is 1. The third-order valence-corrected chi connectivity index (χ3v) is 4.09. The van der Waals surface area contributed by atoms with Crippen LogP contribution in [0.5, 0.6) is 0 Å². The van der Waals surface area contributed by atoms with E-state index < -0.39 is 21.7 Å². The molecule has 0 aliphatic heterocycles. The topological polar surface area (TPSA) is 63.7 Å². The molecule has 0 amide bonds. The summed E-state index contributed by atoms with van der Waals surface area (Å²) in [4.78, 5) is 13.0. The molecule has 1 atom stereocenters. The maximum absolute atomic E-state index is 11.6. The highest BCUT2D eigenvalue weighted by molar-refractivity contribution is 7.91. The molecule has 0 bridgehead atoms. The average molecular weight is 251 g/mol. The molecule has 0 aromatic rings. The van der Waals surface area contributed by atoms with Crippen LogP contribution in [0.3, 0.4) is 0 Å². The Balaban J connectivity index is 4.10. The zero-order valence-corrected chi connectivity index (χ0v) is 11.2. The number of carbonyl (C=O) groups excluding carboxylic acids is 1. The van der Waals surface area contributed by atoms with Crippen LogP contribution in [0, 0.1) is 5.92 Å². The molecule has 1 unspecified atom stereocenters. The van der Waals surface area contributed by atoms with Gasteiger partial charge >= 0.3 is 5.97 Å². The van der Waals surface area contributed by atoms with Crippen molar-refractivity contribution in [1.82, 2.24) is 4.90 Å². The zero-order valence-electron chi connectivity index (χ0n) is 10.4. The fourth-order valence-electron chi connectivity index (χ4n) is 1.33. The molecule has 0 radical (unpaired) electrons. The highest BCUT2D eigenvalue weighted by atomic mass is 32.2. The van der Waals surface area contributed by atoms with Gasteiger partial charge in [-0.05, 0) is 27.1 Å². The van der Waals surface area contributed by atoms with Crippen molar-refractivity contribution in [3.63, 3.8) is 0 Å². The number of carbonyl (C=O) groups is 1. The van der Waals surface area contributed by atoms with Crippen LogP contribution in [0.25, 0.3) is 0 Å². The van der Waals surface area contributed by atoms with E-state index in [4.69, 9.17) is 0 Å². The normalized spacial score (nSPS) is 13.8. The van der Waals surface area contributed by atoms with E-state index in [0.717, 1.165) is 6.54 Å². The molecule has 0 spiro atoms. The summed E-state index contributed by atoms with van der Waals surface area (Å²) >= 11 is 0. The standard InChI is InChI=1S/C10H21NO4S/c1-9(10(12)15-4)8-16(13,14)7-5-6-11(2)3/h9H,5-8H2,1-4H3. The lowest BCUT2D eigenvalue weighted by molar-refractivity contribution is -0.144. The predicted octanol–water partition coefficient (Wildman–Crippen LogP) is 0.162. The number of sulfone groups is 1. The van der Waals surface area contributed by atoms with Crippen molar-refractivity contribution in [2.45, 2.75) is 13.3 Å². The van der Waals surface area contributed by atoms with E-state index in [1.54, 1.807) is 6.92 Å². The molecule has 0 fully saturated rings. The van der Waals surface area contributed by atoms with Gasteiger partial charge in [-0.25, -0.2) is 8.42 Å². The summed E-state index contributed by atoms with van der Waals surface area (Å²) in [5.41, 5.74) is 0. The Bertz CT molecular complexity index is 311. The highest BCUT2D eigenvalue weighted by Gasteiger charge is 2.21. The number of ether oxygens (including phenoxy) is 1. The minimum atomic E-state index is -3.16. The van der Waals surface area contributed by atoms with Gasteiger partial charge in [-0.15, -0.1) is 0 Å². The molecule has 0 N–H and O–H groups in total. The first kappa shape index (κ1) is 15.4. The second-order valence-electron chi connectivity index (χ2n) is 4.20. The number of hydrogen-bond acceptors (Lipinski definition) is 5. The van der Waals surface area contributed by atoms with Gasteiger partial charge in [-0.2, -0.15) is 0 Å². The van der Waals surface area contributed by atoms with Crippen LogP contribution < -0.4 is 0 Å². The quantitative estimate of drug-likeness (QED) is 0.603. The molecule has 0 aromatic carbocycles. The van der Waals surface area contributed by atoms with Crippen molar-refractivity contribution in [2.24, 2.45) is 5.92 Å². The van der Waals surface area contributed by atoms with Gasteiger partial charge in [0.1, 0.15) is 0 Å². The molecule has 0 aliphatic carbocycles. The van der Waals surface area contributed by atoms with Crippen molar-refractivity contribution in [3.8, 4) is 0 Å². The molecule has 0 aliphatic rings. The second kappa shape index (κ2) is 6.85. The smallest absolute Gasteiger partial charge is 0.309 e. The van der Waals surface area contributed by atoms with Crippen molar-refractivity contribution >= 4 is 15.8 Å². The van der Waals surface area contributed by atoms with Crippen LogP contribution in [-0.2, 0) is 19.4 Å². The van der Waals surface area contributed by atoms with E-state index in [0.29, 0.717) is 6.42 Å². The molecule has 5 nitrogen and oxygen atoms in total. The molecule has 0 saturated carbocycles. The van der Waals surface area contributed by atoms with Gasteiger partial charge in [0.15, 0.2) is 9.84 Å². The molecule has 96 valence electrons. The lowest BCUT2D eigenvalue weighted by atomic mass is 10.2. The third-order valence-electron chi connectivity index (χ3n) is 2.17. The third kappa shape index (κ3) is 6.79. The van der Waals surface area contributed by atoms with Crippen LogP contribution >= 0.6 is 0 Å². The molecular weight excluding hydrogens is 230 g/mol. The maximum Gasteiger partial charge on any atom is 0.309 e. The number of methoxy groups -OCH3 is 1. The summed E-state index contributed by atoms with van der Waals surface area (Å²) < 4.78 is 27.7. The predicted molar refractivity (Wildman–Crippen MR) is 63.0 cm³/mol. The van der Waals surface area contributed by atoms with Gasteiger partial charge in [0, 0.05) is 0 Å². The fourth-order valence-corrected chi connectivity index (χ4v) is 2.97. The van der Waals surface area contributed by atoms with E-state index in [1.165, 1.54) is 7.11 Å². The maximum atomic E-state index is 11.6. The number of hydrogen-bond donors (Lipinski definition) is 0. The Labute approximate surface area is 97.7 Å². The SMILES string of the molecule is COC(=O)C(C)CS(=O)(=O)CCCN(C)C. The Morgan fingerprint density at radius 1 is 1.38 bits per heavy atom. The molecule has 0 heterocycles. The molecule has 0 aromatic heterocycles. The van der Waals surface area contributed by atoms with Crippen molar-refractivity contribution in [3.05, 3.63) is 0 Å². The first-order valence-electron chi connectivity index (χ1n) is 5.21. The lowest BCUT2D eigenvalue weighted by Gasteiger charge is -2.11. The van der Waals surface area contributed by atoms with Gasteiger partial charge in [0.05, 0.1) is 24.5 Å². The summed E-state index contributed by atoms with van der Waals surface area (Å²) in [7, 11) is 1.89. The molecule has 0 rings (SSSR count). The Morgan fingerprint density at radius 3 is 2.38 bits per heavy atom. The monoisotopic (exact) mass is 251 g/mol. The van der Waals surface area contributed by atoms with Crippen molar-refractivity contribution < 1.29 is 17.9 Å². The zero-order chi connectivity index (χ0) is 12.8. The van der Waals surface area contributed by atoms with E-state index in [1.807, 2.05) is 19.0 Å². The van der Waals surface area contributed by atoms with Gasteiger partial charge in [0.25, 0.3) is 0 Å². The second-order valence-corrected chi connectivity index (χ2v) is 6.42. The minimum absolute atomic E-state index is 0.118. The van der Waals surface area contributed by atoms with Gasteiger partial charge < -0.3 is 9.64 Å². The largest absolute Gasteiger partial charge is 0.469 e. The Kier molecular flexibility index (Phi) is 6.59. The Morgan fingerprint density at radius 2 is 1.94 bits per heavy atom. The minimum Gasteiger partial charge on any atom is -0.469 e. The van der Waals surface area contributed by atoms with Crippen LogP contribution in [0.4, 0.5) is 0 Å². The van der Waals surface area contributed by atoms with Gasteiger partial charge in [-0.3, -0.25) is 4.79 Å². The van der Waals surface area contributed by atoms with E-state index in [9.17, 15) is 13.2 Å². The first-order chi connectivity index (χ1) is 7.28. The van der Waals surface area contributed by atoms with Gasteiger partial charge in [0.2, 0.25) is 0 Å². The van der Waals surface area contributed by atoms with Gasteiger partial charge in [-0.1, -0.05) is 6.92 Å². The van der Waals surface area contributed by atoms with Crippen LogP contribution in [0.1, 0.15) is 13.3 Å². The van der Waals surface area contributed by atoms with Crippen molar-refractivity contribution in [2.75, 3.05) is 39.3 Å². The Hall–Kier alpha value is -0.620. The number of nitrogens with zero attached hydrogens (tertiary/aromatic N) is 1. The average Bonchev–Trinajstić information content (AvgIpc) is 2.14. The van der Waals surface area contributed by atoms with Crippen LogP contribution in [0.2, 0.25) is 0 Å². The summed E-state index contributed by atoms with van der Waals surface area (Å²) in [6.45, 7) is 2.29. The molecule has 6 heteroatoms. The van der Waals surface area contributed by atoms with Crippen LogP contribution in [0.15, 0.2) is 0 Å². The molecule has 16 heavy (non-hydrogen) atoms. The summed E-state index contributed by atoms with van der Waals surface area (Å²) in [6, 6.07) is 0. The van der Waals surface area contributed by atoms with E-state index in [-0.39, 0.29) is 11.5 Å². The van der Waals surface area contributed by atoms with Crippen molar-refractivity contribution in [1.29, 1.82) is 0 Å².